The van der Waals surface area contributed by atoms with E-state index < -0.39 is 0 Å². The van der Waals surface area contributed by atoms with Crippen molar-refractivity contribution >= 4 is 11.7 Å². The lowest BCUT2D eigenvalue weighted by molar-refractivity contribution is 0.0938. The summed E-state index contributed by atoms with van der Waals surface area (Å²) in [6.45, 7) is 8.13. The maximum absolute atomic E-state index is 13.2. The first-order valence-electron chi connectivity index (χ1n) is 14.8. The third-order valence-corrected chi connectivity index (χ3v) is 8.43. The number of likely N-dealkylation sites (N-methyl/N-ethyl adjacent to an activating group) is 1. The number of nitrogens with two attached hydrogens (primary N) is 1. The molecule has 0 aliphatic carbocycles. The van der Waals surface area contributed by atoms with Gasteiger partial charge in [-0.3, -0.25) is 19.3 Å². The van der Waals surface area contributed by atoms with Crippen LogP contribution >= 0.6 is 0 Å². The van der Waals surface area contributed by atoms with Crippen LogP contribution in [0.5, 0.6) is 0 Å². The molecule has 1 atom stereocenters. The molecule has 0 saturated carbocycles. The Kier molecular flexibility index (Phi) is 8.32. The molecule has 3 N–H and O–H groups in total. The fraction of sp³-hybridized carbons (Fsp3) is 0.364. The van der Waals surface area contributed by atoms with Crippen LogP contribution in [0.2, 0.25) is 0 Å². The van der Waals surface area contributed by atoms with Gasteiger partial charge in [-0.25, -0.2) is 4.98 Å². The van der Waals surface area contributed by atoms with E-state index in [1.165, 1.54) is 22.3 Å². The quantitative estimate of drug-likeness (QED) is 0.338. The number of nitrogen functional groups attached to an aromatic ring is 1. The largest absolute Gasteiger partial charge is 0.383 e. The van der Waals surface area contributed by atoms with Gasteiger partial charge >= 0.3 is 0 Å². The Morgan fingerprint density at radius 3 is 2.40 bits per heavy atom. The molecule has 42 heavy (non-hydrogen) atoms. The van der Waals surface area contributed by atoms with Gasteiger partial charge in [-0.2, -0.15) is 5.10 Å². The normalized spacial score (nSPS) is 18.4. The molecule has 2 saturated heterocycles. The Morgan fingerprint density at radius 2 is 1.64 bits per heavy atom. The Morgan fingerprint density at radius 1 is 0.857 bits per heavy atom. The summed E-state index contributed by atoms with van der Waals surface area (Å²) in [6.07, 6.45) is 6.22. The van der Waals surface area contributed by atoms with Crippen molar-refractivity contribution in [3.05, 3.63) is 89.9 Å². The van der Waals surface area contributed by atoms with Crippen molar-refractivity contribution in [1.82, 2.24) is 34.8 Å². The molecular weight excluding hydrogens is 524 g/mol. The summed E-state index contributed by atoms with van der Waals surface area (Å²) in [4.78, 5) is 24.7. The first kappa shape index (κ1) is 28.1. The van der Waals surface area contributed by atoms with Gasteiger partial charge in [-0.15, -0.1) is 0 Å². The second-order valence-corrected chi connectivity index (χ2v) is 11.7. The van der Waals surface area contributed by atoms with Crippen LogP contribution < -0.4 is 11.1 Å². The van der Waals surface area contributed by atoms with Gasteiger partial charge in [-0.1, -0.05) is 42.5 Å². The van der Waals surface area contributed by atoms with Crippen LogP contribution in [-0.2, 0) is 20.1 Å². The molecular formula is C33H40N8O. The van der Waals surface area contributed by atoms with E-state index in [2.05, 4.69) is 85.7 Å². The standard InChI is InChI=1S/C33H40N8O/c1-38-12-14-40(15-13-38)20-24-6-8-26(9-7-24)27-5-3-4-25(16-27)21-41-11-10-30(23-41)37-33(42)31-17-28(18-35-32(31)34)29-19-36-39(2)22-29/h3-9,16-19,22,30H,10-15,20-21,23H2,1-2H3,(H2,34,35)(H,37,42)/t30-/m1/s1. The minimum absolute atomic E-state index is 0.0648. The van der Waals surface area contributed by atoms with Crippen molar-refractivity contribution in [3.8, 4) is 22.3 Å². The topological polar surface area (TPSA) is 95.5 Å². The number of carbonyl (C=O) groups is 1. The molecule has 2 fully saturated rings. The number of amides is 1. The van der Waals surface area contributed by atoms with E-state index in [0.29, 0.717) is 5.56 Å². The second-order valence-electron chi connectivity index (χ2n) is 11.7. The average Bonchev–Trinajstić information content (AvgIpc) is 3.63. The summed E-state index contributed by atoms with van der Waals surface area (Å²) >= 11 is 0. The highest BCUT2D eigenvalue weighted by Gasteiger charge is 2.25. The summed E-state index contributed by atoms with van der Waals surface area (Å²) in [5, 5.41) is 7.39. The third kappa shape index (κ3) is 6.70. The van der Waals surface area contributed by atoms with E-state index in [4.69, 9.17) is 5.73 Å². The molecule has 0 spiro atoms. The predicted molar refractivity (Wildman–Crippen MR) is 167 cm³/mol. The monoisotopic (exact) mass is 564 g/mol. The highest BCUT2D eigenvalue weighted by atomic mass is 16.1. The molecule has 9 heteroatoms. The maximum Gasteiger partial charge on any atom is 0.255 e. The Hall–Kier alpha value is -4.05. The Balaban J connectivity index is 1.04. The minimum atomic E-state index is -0.185. The molecule has 2 aromatic carbocycles. The van der Waals surface area contributed by atoms with Crippen LogP contribution in [0, 0.1) is 0 Å². The van der Waals surface area contributed by atoms with E-state index >= 15 is 0 Å². The molecule has 0 radical (unpaired) electrons. The molecule has 6 rings (SSSR count). The molecule has 4 heterocycles. The van der Waals surface area contributed by atoms with E-state index in [1.54, 1.807) is 23.1 Å². The molecule has 4 aromatic rings. The summed E-state index contributed by atoms with van der Waals surface area (Å²) in [5.41, 5.74) is 13.3. The summed E-state index contributed by atoms with van der Waals surface area (Å²) < 4.78 is 1.72. The van der Waals surface area contributed by atoms with Crippen molar-refractivity contribution in [3.63, 3.8) is 0 Å². The maximum atomic E-state index is 13.2. The van der Waals surface area contributed by atoms with E-state index in [1.807, 2.05) is 13.2 Å². The number of aryl methyl sites for hydroxylation is 1. The lowest BCUT2D eigenvalue weighted by Crippen LogP contribution is -2.43. The first-order chi connectivity index (χ1) is 20.4. The molecule has 9 nitrogen and oxygen atoms in total. The molecule has 1 amide bonds. The van der Waals surface area contributed by atoms with Gasteiger partial charge in [0.25, 0.3) is 5.91 Å². The molecule has 2 aliphatic rings. The Bertz CT molecular complexity index is 1520. The van der Waals surface area contributed by atoms with Crippen LogP contribution in [-0.4, -0.2) is 87.7 Å². The number of pyridine rings is 1. The van der Waals surface area contributed by atoms with Crippen molar-refractivity contribution in [1.29, 1.82) is 0 Å². The van der Waals surface area contributed by atoms with Crippen LogP contribution in [0.4, 0.5) is 5.82 Å². The van der Waals surface area contributed by atoms with Crippen LogP contribution in [0.3, 0.4) is 0 Å². The zero-order valence-corrected chi connectivity index (χ0v) is 24.5. The number of carbonyl (C=O) groups excluding carboxylic acids is 1. The fourth-order valence-electron chi connectivity index (χ4n) is 5.92. The number of likely N-dealkylation sites (tertiary alicyclic amines) is 1. The van der Waals surface area contributed by atoms with Gasteiger partial charge < -0.3 is 16.0 Å². The smallest absolute Gasteiger partial charge is 0.255 e. The first-order valence-corrected chi connectivity index (χ1v) is 14.8. The average molecular weight is 565 g/mol. The molecule has 0 unspecified atom stereocenters. The van der Waals surface area contributed by atoms with Crippen molar-refractivity contribution in [2.75, 3.05) is 52.0 Å². The number of hydrogen-bond acceptors (Lipinski definition) is 7. The summed E-state index contributed by atoms with van der Waals surface area (Å²) in [6, 6.07) is 19.7. The van der Waals surface area contributed by atoms with Gasteiger partial charge in [0.15, 0.2) is 0 Å². The van der Waals surface area contributed by atoms with Gasteiger partial charge in [0.05, 0.1) is 11.8 Å². The van der Waals surface area contributed by atoms with Gasteiger partial charge in [0.2, 0.25) is 0 Å². The number of nitrogens with zero attached hydrogens (tertiary/aromatic N) is 6. The highest BCUT2D eigenvalue weighted by Crippen LogP contribution is 2.25. The molecule has 0 bridgehead atoms. The fourth-order valence-corrected chi connectivity index (χ4v) is 5.92. The number of piperazine rings is 1. The lowest BCUT2D eigenvalue weighted by atomic mass is 10.0. The van der Waals surface area contributed by atoms with Gasteiger partial charge in [-0.05, 0) is 47.9 Å². The van der Waals surface area contributed by atoms with Crippen LogP contribution in [0.1, 0.15) is 27.9 Å². The van der Waals surface area contributed by atoms with Crippen LogP contribution in [0.25, 0.3) is 22.3 Å². The van der Waals surface area contributed by atoms with E-state index in [0.717, 1.165) is 69.9 Å². The van der Waals surface area contributed by atoms with Gasteiger partial charge in [0, 0.05) is 89.0 Å². The molecule has 218 valence electrons. The zero-order chi connectivity index (χ0) is 29.1. The van der Waals surface area contributed by atoms with Gasteiger partial charge in [0.1, 0.15) is 5.82 Å². The number of rotatable bonds is 8. The summed E-state index contributed by atoms with van der Waals surface area (Å²) in [5.74, 6) is 0.0508. The highest BCUT2D eigenvalue weighted by molar-refractivity contribution is 5.99. The lowest BCUT2D eigenvalue weighted by Gasteiger charge is -2.32. The number of anilines is 1. The van der Waals surface area contributed by atoms with Crippen molar-refractivity contribution in [2.24, 2.45) is 7.05 Å². The van der Waals surface area contributed by atoms with E-state index in [-0.39, 0.29) is 17.8 Å². The van der Waals surface area contributed by atoms with E-state index in [9.17, 15) is 4.79 Å². The second kappa shape index (κ2) is 12.4. The zero-order valence-electron chi connectivity index (χ0n) is 24.5. The minimum Gasteiger partial charge on any atom is -0.383 e. The Labute approximate surface area is 247 Å². The number of benzene rings is 2. The molecule has 2 aliphatic heterocycles. The van der Waals surface area contributed by atoms with Crippen molar-refractivity contribution in [2.45, 2.75) is 25.6 Å². The predicted octanol–water partition coefficient (Wildman–Crippen LogP) is 3.48. The van der Waals surface area contributed by atoms with Crippen molar-refractivity contribution < 1.29 is 4.79 Å². The molecule has 2 aromatic heterocycles. The number of hydrogen-bond donors (Lipinski definition) is 2. The number of aromatic nitrogens is 3. The number of nitrogens with one attached hydrogen (secondary N) is 1. The summed E-state index contributed by atoms with van der Waals surface area (Å²) in [7, 11) is 4.05. The SMILES string of the molecule is CN1CCN(Cc2ccc(-c3cccc(CN4CC[C@@H](NC(=O)c5cc(-c6cnn(C)c6)cnc5N)C4)c3)cc2)CC1. The van der Waals surface area contributed by atoms with Crippen LogP contribution in [0.15, 0.2) is 73.2 Å². The third-order valence-electron chi connectivity index (χ3n) is 8.43.